The van der Waals surface area contributed by atoms with E-state index in [9.17, 15) is 18.0 Å². The fourth-order valence-electron chi connectivity index (χ4n) is 4.90. The molecule has 1 saturated heterocycles. The van der Waals surface area contributed by atoms with Gasteiger partial charge >= 0.3 is 0 Å². The molecule has 2 fully saturated rings. The molecule has 2 aliphatic rings. The van der Waals surface area contributed by atoms with Crippen molar-refractivity contribution in [2.75, 3.05) is 24.3 Å². The number of thiol groups is 1. The molecule has 1 N–H and O–H groups in total. The van der Waals surface area contributed by atoms with Crippen molar-refractivity contribution in [1.82, 2.24) is 4.90 Å². The van der Waals surface area contributed by atoms with E-state index in [1.807, 2.05) is 66.4 Å². The first kappa shape index (κ1) is 32.9. The van der Waals surface area contributed by atoms with Crippen LogP contribution in [0.1, 0.15) is 56.2 Å². The average molecular weight is 605 g/mol. The predicted molar refractivity (Wildman–Crippen MR) is 166 cm³/mol. The summed E-state index contributed by atoms with van der Waals surface area (Å²) in [7, 11) is 0. The third-order valence-electron chi connectivity index (χ3n) is 7.31. The molecule has 3 nitrogen and oxygen atoms in total. The zero-order chi connectivity index (χ0) is 29.8. The Morgan fingerprint density at radius 1 is 0.951 bits per heavy atom. The number of rotatable bonds is 8. The fourth-order valence-corrected chi connectivity index (χ4v) is 5.05. The Labute approximate surface area is 252 Å². The molecule has 3 aromatic rings. The molecule has 3 aromatic carbocycles. The molecule has 3 unspecified atom stereocenters. The highest BCUT2D eigenvalue weighted by Crippen LogP contribution is 2.43. The van der Waals surface area contributed by atoms with Crippen molar-refractivity contribution >= 4 is 35.8 Å². The summed E-state index contributed by atoms with van der Waals surface area (Å²) in [6.07, 6.45) is 4.29. The third-order valence-corrected chi connectivity index (χ3v) is 8.01. The molecule has 0 bridgehead atoms. The molecule has 0 aromatic heterocycles. The summed E-state index contributed by atoms with van der Waals surface area (Å²) in [5, 5.41) is 3.69. The first-order valence-corrected chi connectivity index (χ1v) is 15.3. The van der Waals surface area contributed by atoms with Crippen LogP contribution in [0.5, 0.6) is 0 Å². The summed E-state index contributed by atoms with van der Waals surface area (Å²) in [6, 6.07) is 20.8. The van der Waals surface area contributed by atoms with Gasteiger partial charge in [-0.1, -0.05) is 72.6 Å². The highest BCUT2D eigenvalue weighted by atomic mass is 35.5. The number of halogens is 4. The molecule has 41 heavy (non-hydrogen) atoms. The quantitative estimate of drug-likeness (QED) is 0.251. The van der Waals surface area contributed by atoms with Gasteiger partial charge in [-0.05, 0) is 80.5 Å². The van der Waals surface area contributed by atoms with E-state index in [1.165, 1.54) is 24.6 Å². The van der Waals surface area contributed by atoms with Crippen LogP contribution in [-0.2, 0) is 4.79 Å². The Morgan fingerprint density at radius 2 is 1.56 bits per heavy atom. The third kappa shape index (κ3) is 9.71. The second-order valence-corrected chi connectivity index (χ2v) is 11.4. The van der Waals surface area contributed by atoms with Crippen LogP contribution < -0.4 is 5.32 Å². The number of nitrogens with zero attached hydrogens (tertiary/aromatic N) is 1. The van der Waals surface area contributed by atoms with Gasteiger partial charge in [0.1, 0.15) is 24.0 Å². The molecular weight excluding hydrogens is 565 g/mol. The second-order valence-electron chi connectivity index (χ2n) is 10.5. The Balaban J connectivity index is 0.000000353. The van der Waals surface area contributed by atoms with E-state index in [0.717, 1.165) is 34.7 Å². The van der Waals surface area contributed by atoms with Crippen LogP contribution >= 0.6 is 24.2 Å². The van der Waals surface area contributed by atoms with Crippen LogP contribution in [0.2, 0.25) is 5.02 Å². The number of piperidine rings is 1. The van der Waals surface area contributed by atoms with Crippen LogP contribution in [0.4, 0.5) is 18.9 Å². The lowest BCUT2D eigenvalue weighted by Crippen LogP contribution is -2.52. The highest BCUT2D eigenvalue weighted by molar-refractivity contribution is 7.80. The lowest BCUT2D eigenvalue weighted by molar-refractivity contribution is -0.146. The lowest BCUT2D eigenvalue weighted by atomic mass is 9.86. The van der Waals surface area contributed by atoms with Gasteiger partial charge in [0.15, 0.2) is 0 Å². The van der Waals surface area contributed by atoms with Crippen molar-refractivity contribution in [3.63, 3.8) is 0 Å². The number of hydrogen-bond donors (Lipinski definition) is 2. The van der Waals surface area contributed by atoms with Crippen molar-refractivity contribution in [3.8, 4) is 0 Å². The lowest BCUT2D eigenvalue weighted by Gasteiger charge is -2.44. The largest absolute Gasteiger partial charge is 0.378 e. The number of para-hydroxylation sites is 1. The van der Waals surface area contributed by atoms with Crippen LogP contribution in [-0.4, -0.2) is 35.8 Å². The molecule has 1 aliphatic carbocycles. The molecular formula is C33H40ClF3N2OS. The molecule has 8 heteroatoms. The van der Waals surface area contributed by atoms with Gasteiger partial charge in [0.2, 0.25) is 5.91 Å². The number of amides is 1. The van der Waals surface area contributed by atoms with Crippen molar-refractivity contribution in [1.29, 1.82) is 0 Å². The monoisotopic (exact) mass is 604 g/mol. The SMILES string of the molecule is CCCS.Cc1ccc(C2CCC(CF)C(=O)N2C(CNc2c(F)cccc2F)C2CC2)cc1.Clc1ccccc1. The van der Waals surface area contributed by atoms with Gasteiger partial charge in [0.05, 0.1) is 18.0 Å². The van der Waals surface area contributed by atoms with Gasteiger partial charge in [-0.2, -0.15) is 12.6 Å². The van der Waals surface area contributed by atoms with Crippen LogP contribution in [0.15, 0.2) is 72.8 Å². The highest BCUT2D eigenvalue weighted by Gasteiger charge is 2.45. The topological polar surface area (TPSA) is 32.3 Å². The summed E-state index contributed by atoms with van der Waals surface area (Å²) in [5.41, 5.74) is 1.97. The molecule has 0 radical (unpaired) electrons. The molecule has 1 amide bonds. The first-order chi connectivity index (χ1) is 19.8. The summed E-state index contributed by atoms with van der Waals surface area (Å²) in [6.45, 7) is 3.66. The van der Waals surface area contributed by atoms with Crippen LogP contribution in [0.25, 0.3) is 0 Å². The van der Waals surface area contributed by atoms with Gasteiger partial charge in [0, 0.05) is 11.6 Å². The number of likely N-dealkylation sites (tertiary alicyclic amines) is 1. The number of carbonyl (C=O) groups excluding carboxylic acids is 1. The maximum absolute atomic E-state index is 14.1. The summed E-state index contributed by atoms with van der Waals surface area (Å²) in [5.74, 6) is -0.889. The minimum absolute atomic E-state index is 0.154. The van der Waals surface area contributed by atoms with Crippen molar-refractivity contribution in [2.24, 2.45) is 11.8 Å². The van der Waals surface area contributed by atoms with E-state index in [1.54, 1.807) is 0 Å². The van der Waals surface area contributed by atoms with Crippen molar-refractivity contribution < 1.29 is 18.0 Å². The maximum Gasteiger partial charge on any atom is 0.229 e. The zero-order valence-corrected chi connectivity index (χ0v) is 25.4. The Hall–Kier alpha value is -2.64. The van der Waals surface area contributed by atoms with Crippen LogP contribution in [0, 0.1) is 30.4 Å². The number of aryl methyl sites for hydroxylation is 1. The summed E-state index contributed by atoms with van der Waals surface area (Å²) < 4.78 is 41.8. The minimum Gasteiger partial charge on any atom is -0.378 e. The van der Waals surface area contributed by atoms with Gasteiger partial charge in [-0.25, -0.2) is 8.78 Å². The van der Waals surface area contributed by atoms with E-state index in [-0.39, 0.29) is 36.1 Å². The standard InChI is InChI=1S/C24H27F3N2O.C6H5Cl.C3H8S/c1-15-5-7-16(8-6-15)21-12-11-18(13-25)24(30)29(21)22(17-9-10-17)14-28-23-19(26)3-2-4-20(23)27;7-6-4-2-1-3-5-6;1-2-3-4/h2-8,17-18,21-22,28H,9-14H2,1H3;1-5H;4H,2-3H2,1H3. The van der Waals surface area contributed by atoms with Gasteiger partial charge in [0.25, 0.3) is 0 Å². The van der Waals surface area contributed by atoms with Crippen molar-refractivity contribution in [3.05, 3.63) is 101 Å². The van der Waals surface area contributed by atoms with E-state index in [4.69, 9.17) is 11.6 Å². The van der Waals surface area contributed by atoms with Gasteiger partial charge < -0.3 is 10.2 Å². The smallest absolute Gasteiger partial charge is 0.229 e. The van der Waals surface area contributed by atoms with E-state index >= 15 is 0 Å². The molecule has 222 valence electrons. The number of alkyl halides is 1. The number of carbonyl (C=O) groups is 1. The zero-order valence-electron chi connectivity index (χ0n) is 23.7. The van der Waals surface area contributed by atoms with E-state index < -0.39 is 24.2 Å². The predicted octanol–water partition coefficient (Wildman–Crippen LogP) is 9.08. The molecule has 0 spiro atoms. The normalized spacial score (nSPS) is 18.9. The fraction of sp³-hybridized carbons (Fsp3) is 0.424. The molecule has 1 aliphatic heterocycles. The average Bonchev–Trinajstić information content (AvgIpc) is 3.82. The van der Waals surface area contributed by atoms with Crippen molar-refractivity contribution in [2.45, 2.75) is 58.0 Å². The van der Waals surface area contributed by atoms with Gasteiger partial charge in [-0.3, -0.25) is 9.18 Å². The number of anilines is 1. The van der Waals surface area contributed by atoms with E-state index in [0.29, 0.717) is 12.8 Å². The van der Waals surface area contributed by atoms with E-state index in [2.05, 4.69) is 24.9 Å². The van der Waals surface area contributed by atoms with Gasteiger partial charge in [-0.15, -0.1) is 0 Å². The Bertz CT molecular complexity index is 1190. The number of hydrogen-bond acceptors (Lipinski definition) is 3. The second kappa shape index (κ2) is 16.7. The Morgan fingerprint density at radius 3 is 2.05 bits per heavy atom. The maximum atomic E-state index is 14.1. The molecule has 5 rings (SSSR count). The van der Waals surface area contributed by atoms with Crippen LogP contribution in [0.3, 0.4) is 0 Å². The minimum atomic E-state index is -0.678. The Kier molecular flexibility index (Phi) is 13.4. The first-order valence-electron chi connectivity index (χ1n) is 14.2. The molecule has 1 heterocycles. The molecule has 1 saturated carbocycles. The molecule has 3 atom stereocenters. The number of benzene rings is 3. The summed E-state index contributed by atoms with van der Waals surface area (Å²) in [4.78, 5) is 15.0. The number of nitrogens with one attached hydrogen (secondary N) is 1. The summed E-state index contributed by atoms with van der Waals surface area (Å²) >= 11 is 9.46.